The quantitative estimate of drug-likeness (QED) is 0.885. The molecule has 19 heavy (non-hydrogen) atoms. The standard InChI is InChI=1S/C16H19NO2/c1-12(2)11-14(13-7-4-3-5-8-13)17-16(18)15-9-6-10-19-15/h3-10,12,14H,11H2,1-2H3,(H,17,18). The molecule has 1 atom stereocenters. The fourth-order valence-corrected chi connectivity index (χ4v) is 2.07. The van der Waals surface area contributed by atoms with Gasteiger partial charge in [0.25, 0.3) is 5.91 Å². The lowest BCUT2D eigenvalue weighted by Gasteiger charge is -2.20. The minimum absolute atomic E-state index is 0.0128. The Kier molecular flexibility index (Phi) is 4.39. The highest BCUT2D eigenvalue weighted by Crippen LogP contribution is 2.21. The molecule has 3 heteroatoms. The van der Waals surface area contributed by atoms with Crippen LogP contribution < -0.4 is 5.32 Å². The molecule has 100 valence electrons. The van der Waals surface area contributed by atoms with E-state index in [2.05, 4.69) is 19.2 Å². The van der Waals surface area contributed by atoms with E-state index in [1.807, 2.05) is 30.3 Å². The molecule has 1 N–H and O–H groups in total. The number of rotatable bonds is 5. The van der Waals surface area contributed by atoms with Crippen LogP contribution in [0.2, 0.25) is 0 Å². The molecule has 0 saturated carbocycles. The summed E-state index contributed by atoms with van der Waals surface area (Å²) in [5.74, 6) is 0.686. The van der Waals surface area contributed by atoms with Crippen LogP contribution in [0.5, 0.6) is 0 Å². The van der Waals surface area contributed by atoms with Crippen molar-refractivity contribution in [2.75, 3.05) is 0 Å². The van der Waals surface area contributed by atoms with Gasteiger partial charge in [-0.05, 0) is 30.0 Å². The average Bonchev–Trinajstić information content (AvgIpc) is 2.92. The molecular formula is C16H19NO2. The first kappa shape index (κ1) is 13.4. The fourth-order valence-electron chi connectivity index (χ4n) is 2.07. The maximum absolute atomic E-state index is 12.1. The Morgan fingerprint density at radius 3 is 2.47 bits per heavy atom. The van der Waals surface area contributed by atoms with Gasteiger partial charge in [0.15, 0.2) is 5.76 Å². The fraction of sp³-hybridized carbons (Fsp3) is 0.312. The lowest BCUT2D eigenvalue weighted by molar-refractivity contribution is 0.0904. The zero-order valence-electron chi connectivity index (χ0n) is 11.3. The van der Waals surface area contributed by atoms with E-state index < -0.39 is 0 Å². The Morgan fingerprint density at radius 2 is 1.89 bits per heavy atom. The molecule has 3 nitrogen and oxygen atoms in total. The maximum Gasteiger partial charge on any atom is 0.287 e. The molecule has 1 heterocycles. The van der Waals surface area contributed by atoms with E-state index in [-0.39, 0.29) is 11.9 Å². The van der Waals surface area contributed by atoms with Gasteiger partial charge in [0, 0.05) is 0 Å². The third-order valence-corrected chi connectivity index (χ3v) is 2.96. The van der Waals surface area contributed by atoms with Crippen molar-refractivity contribution in [1.82, 2.24) is 5.32 Å². The lowest BCUT2D eigenvalue weighted by Crippen LogP contribution is -2.29. The highest BCUT2D eigenvalue weighted by molar-refractivity contribution is 5.91. The third kappa shape index (κ3) is 3.71. The zero-order valence-corrected chi connectivity index (χ0v) is 11.3. The molecule has 0 spiro atoms. The molecule has 0 aliphatic carbocycles. The van der Waals surface area contributed by atoms with Crippen molar-refractivity contribution in [1.29, 1.82) is 0 Å². The molecule has 0 fully saturated rings. The first-order valence-corrected chi connectivity index (χ1v) is 6.56. The first-order valence-electron chi connectivity index (χ1n) is 6.56. The second-order valence-electron chi connectivity index (χ2n) is 5.04. The van der Waals surface area contributed by atoms with Gasteiger partial charge in [0.2, 0.25) is 0 Å². The smallest absolute Gasteiger partial charge is 0.287 e. The minimum Gasteiger partial charge on any atom is -0.459 e. The molecule has 0 saturated heterocycles. The van der Waals surface area contributed by atoms with E-state index in [0.29, 0.717) is 11.7 Å². The normalized spacial score (nSPS) is 12.4. The van der Waals surface area contributed by atoms with Crippen LogP contribution in [0.4, 0.5) is 0 Å². The summed E-state index contributed by atoms with van der Waals surface area (Å²) in [4.78, 5) is 12.1. The van der Waals surface area contributed by atoms with Gasteiger partial charge in [-0.3, -0.25) is 4.79 Å². The molecule has 2 rings (SSSR count). The van der Waals surface area contributed by atoms with Crippen molar-refractivity contribution < 1.29 is 9.21 Å². The van der Waals surface area contributed by atoms with Crippen LogP contribution in [-0.2, 0) is 0 Å². The van der Waals surface area contributed by atoms with Gasteiger partial charge in [-0.25, -0.2) is 0 Å². The Labute approximate surface area is 113 Å². The summed E-state index contributed by atoms with van der Waals surface area (Å²) < 4.78 is 5.12. The van der Waals surface area contributed by atoms with Crippen molar-refractivity contribution >= 4 is 5.91 Å². The number of carbonyl (C=O) groups is 1. The van der Waals surface area contributed by atoms with E-state index in [9.17, 15) is 4.79 Å². The number of carbonyl (C=O) groups excluding carboxylic acids is 1. The van der Waals surface area contributed by atoms with Crippen molar-refractivity contribution in [3.05, 3.63) is 60.1 Å². The molecular weight excluding hydrogens is 238 g/mol. The topological polar surface area (TPSA) is 42.2 Å². The van der Waals surface area contributed by atoms with Gasteiger partial charge in [0.05, 0.1) is 12.3 Å². The monoisotopic (exact) mass is 257 g/mol. The van der Waals surface area contributed by atoms with Crippen molar-refractivity contribution in [3.63, 3.8) is 0 Å². The van der Waals surface area contributed by atoms with Crippen molar-refractivity contribution in [2.45, 2.75) is 26.3 Å². The van der Waals surface area contributed by atoms with Gasteiger partial charge in [-0.2, -0.15) is 0 Å². The Hall–Kier alpha value is -2.03. The Balaban J connectivity index is 2.13. The molecule has 0 radical (unpaired) electrons. The van der Waals surface area contributed by atoms with Crippen LogP contribution in [0.25, 0.3) is 0 Å². The molecule has 0 bridgehead atoms. The number of hydrogen-bond acceptors (Lipinski definition) is 2. The SMILES string of the molecule is CC(C)CC(NC(=O)c1ccco1)c1ccccc1. The molecule has 2 aromatic rings. The highest BCUT2D eigenvalue weighted by Gasteiger charge is 2.18. The lowest BCUT2D eigenvalue weighted by atomic mass is 9.97. The second-order valence-corrected chi connectivity index (χ2v) is 5.04. The molecule has 0 aliphatic rings. The second kappa shape index (κ2) is 6.23. The zero-order chi connectivity index (χ0) is 13.7. The van der Waals surface area contributed by atoms with E-state index in [4.69, 9.17) is 4.42 Å². The summed E-state index contributed by atoms with van der Waals surface area (Å²) in [6, 6.07) is 13.4. The number of benzene rings is 1. The predicted octanol–water partition coefficient (Wildman–Crippen LogP) is 3.80. The van der Waals surface area contributed by atoms with E-state index in [1.165, 1.54) is 6.26 Å². The van der Waals surface area contributed by atoms with Crippen molar-refractivity contribution in [3.8, 4) is 0 Å². The summed E-state index contributed by atoms with van der Waals surface area (Å²) in [7, 11) is 0. The summed E-state index contributed by atoms with van der Waals surface area (Å²) in [6.07, 6.45) is 2.41. The maximum atomic E-state index is 12.1. The van der Waals surface area contributed by atoms with Crippen LogP contribution in [0, 0.1) is 5.92 Å². The van der Waals surface area contributed by atoms with Gasteiger partial charge < -0.3 is 9.73 Å². The van der Waals surface area contributed by atoms with Crippen LogP contribution in [-0.4, -0.2) is 5.91 Å². The van der Waals surface area contributed by atoms with Crippen LogP contribution in [0.3, 0.4) is 0 Å². The minimum atomic E-state index is -0.167. The summed E-state index contributed by atoms with van der Waals surface area (Å²) in [5.41, 5.74) is 1.12. The van der Waals surface area contributed by atoms with Gasteiger partial charge in [-0.15, -0.1) is 0 Å². The van der Waals surface area contributed by atoms with Crippen LogP contribution >= 0.6 is 0 Å². The molecule has 1 amide bonds. The van der Waals surface area contributed by atoms with Gasteiger partial charge in [-0.1, -0.05) is 44.2 Å². The molecule has 1 aromatic heterocycles. The van der Waals surface area contributed by atoms with E-state index in [1.54, 1.807) is 12.1 Å². The van der Waals surface area contributed by atoms with Crippen molar-refractivity contribution in [2.24, 2.45) is 5.92 Å². The number of hydrogen-bond donors (Lipinski definition) is 1. The number of furan rings is 1. The summed E-state index contributed by atoms with van der Waals surface area (Å²) >= 11 is 0. The number of nitrogens with one attached hydrogen (secondary N) is 1. The Bertz CT molecular complexity index is 503. The van der Waals surface area contributed by atoms with Gasteiger partial charge >= 0.3 is 0 Å². The molecule has 1 aromatic carbocycles. The van der Waals surface area contributed by atoms with Crippen LogP contribution in [0.15, 0.2) is 53.1 Å². The molecule has 1 unspecified atom stereocenters. The van der Waals surface area contributed by atoms with E-state index >= 15 is 0 Å². The summed E-state index contributed by atoms with van der Waals surface area (Å²) in [6.45, 7) is 4.30. The average molecular weight is 257 g/mol. The van der Waals surface area contributed by atoms with Crippen LogP contribution in [0.1, 0.15) is 42.4 Å². The summed E-state index contributed by atoms with van der Waals surface area (Å²) in [5, 5.41) is 3.03. The first-order chi connectivity index (χ1) is 9.16. The highest BCUT2D eigenvalue weighted by atomic mass is 16.3. The largest absolute Gasteiger partial charge is 0.459 e. The third-order valence-electron chi connectivity index (χ3n) is 2.96. The molecule has 0 aliphatic heterocycles. The predicted molar refractivity (Wildman–Crippen MR) is 74.8 cm³/mol. The van der Waals surface area contributed by atoms with E-state index in [0.717, 1.165) is 12.0 Å². The van der Waals surface area contributed by atoms with Gasteiger partial charge in [0.1, 0.15) is 0 Å². The Morgan fingerprint density at radius 1 is 1.16 bits per heavy atom. The number of amides is 1.